The normalized spacial score (nSPS) is 20.6. The molecule has 2 nitrogen and oxygen atoms in total. The summed E-state index contributed by atoms with van der Waals surface area (Å²) < 4.78 is 2.03. The van der Waals surface area contributed by atoms with Gasteiger partial charge in [-0.3, -0.25) is 0 Å². The van der Waals surface area contributed by atoms with Gasteiger partial charge in [-0.2, -0.15) is 0 Å². The average Bonchev–Trinajstić information content (AvgIpc) is 2.20. The topological polar surface area (TPSA) is 26.1 Å². The maximum atomic E-state index is 11.5. The van der Waals surface area contributed by atoms with E-state index in [1.54, 1.807) is 6.21 Å². The van der Waals surface area contributed by atoms with Crippen molar-refractivity contribution in [3.8, 4) is 0 Å². The molecule has 0 amide bonds. The van der Waals surface area contributed by atoms with Crippen LogP contribution in [0.5, 0.6) is 0 Å². The summed E-state index contributed by atoms with van der Waals surface area (Å²) >= 11 is 3.37. The maximum Gasteiger partial charge on any atom is 0.206 e. The van der Waals surface area contributed by atoms with Crippen molar-refractivity contribution in [3.63, 3.8) is 0 Å². The summed E-state index contributed by atoms with van der Waals surface area (Å²) in [5.41, 5.74) is 1.02. The number of hydrogen-bond acceptors (Lipinski definition) is 1. The predicted molar refractivity (Wildman–Crippen MR) is 60.3 cm³/mol. The number of hydroxylamine groups is 1. The zero-order valence-electron chi connectivity index (χ0n) is 7.56. The Morgan fingerprint density at radius 3 is 2.64 bits per heavy atom. The van der Waals surface area contributed by atoms with E-state index in [0.717, 1.165) is 21.2 Å². The van der Waals surface area contributed by atoms with E-state index in [1.807, 2.05) is 36.4 Å². The summed E-state index contributed by atoms with van der Waals surface area (Å²) in [6.45, 7) is 0. The van der Waals surface area contributed by atoms with Gasteiger partial charge >= 0.3 is 0 Å². The van der Waals surface area contributed by atoms with Gasteiger partial charge in [0, 0.05) is 16.5 Å². The van der Waals surface area contributed by atoms with E-state index in [2.05, 4.69) is 15.9 Å². The first-order chi connectivity index (χ1) is 6.77. The van der Waals surface area contributed by atoms with Gasteiger partial charge < -0.3 is 5.21 Å². The quantitative estimate of drug-likeness (QED) is 0.428. The van der Waals surface area contributed by atoms with E-state index in [1.165, 1.54) is 0 Å². The van der Waals surface area contributed by atoms with Gasteiger partial charge in [0.2, 0.25) is 6.04 Å². The van der Waals surface area contributed by atoms with Gasteiger partial charge in [-0.05, 0) is 18.2 Å². The summed E-state index contributed by atoms with van der Waals surface area (Å²) in [5.74, 6) is 0. The van der Waals surface area contributed by atoms with Crippen LogP contribution in [0.1, 0.15) is 18.0 Å². The Labute approximate surface area is 91.3 Å². The molecule has 0 radical (unpaired) electrons. The summed E-state index contributed by atoms with van der Waals surface area (Å²) in [4.78, 5) is 0. The first kappa shape index (κ1) is 9.46. The van der Waals surface area contributed by atoms with Crippen molar-refractivity contribution in [1.82, 2.24) is 0 Å². The van der Waals surface area contributed by atoms with Gasteiger partial charge in [0.05, 0.1) is 0 Å². The lowest BCUT2D eigenvalue weighted by atomic mass is 10.1. The molecule has 0 aromatic heterocycles. The first-order valence-corrected chi connectivity index (χ1v) is 5.27. The van der Waals surface area contributed by atoms with Crippen LogP contribution in [0.2, 0.25) is 0 Å². The molecule has 0 bridgehead atoms. The highest BCUT2D eigenvalue weighted by atomic mass is 79.9. The van der Waals surface area contributed by atoms with Crippen molar-refractivity contribution >= 4 is 22.1 Å². The average molecular weight is 252 g/mol. The predicted octanol–water partition coefficient (Wildman–Crippen LogP) is 3.03. The molecular weight excluding hydrogens is 242 g/mol. The first-order valence-electron chi connectivity index (χ1n) is 4.48. The van der Waals surface area contributed by atoms with Crippen molar-refractivity contribution in [3.05, 3.63) is 51.7 Å². The van der Waals surface area contributed by atoms with Crippen molar-refractivity contribution in [2.75, 3.05) is 0 Å². The molecule has 0 N–H and O–H groups in total. The van der Waals surface area contributed by atoms with E-state index in [4.69, 9.17) is 0 Å². The Morgan fingerprint density at radius 1 is 1.29 bits per heavy atom. The molecular formula is C11H10BrNO. The maximum absolute atomic E-state index is 11.5. The molecule has 1 unspecified atom stereocenters. The fourth-order valence-corrected chi connectivity index (χ4v) is 1.75. The summed E-state index contributed by atoms with van der Waals surface area (Å²) in [6, 6.07) is 7.67. The molecule has 1 atom stereocenters. The molecule has 2 rings (SSSR count). The van der Waals surface area contributed by atoms with Crippen LogP contribution in [0.4, 0.5) is 0 Å². The van der Waals surface area contributed by atoms with E-state index < -0.39 is 0 Å². The number of nitrogens with zero attached hydrogens (tertiary/aromatic N) is 1. The van der Waals surface area contributed by atoms with E-state index in [-0.39, 0.29) is 6.04 Å². The Morgan fingerprint density at radius 2 is 2.00 bits per heavy atom. The molecule has 0 saturated heterocycles. The van der Waals surface area contributed by atoms with Crippen molar-refractivity contribution in [1.29, 1.82) is 0 Å². The van der Waals surface area contributed by atoms with Gasteiger partial charge in [-0.1, -0.05) is 34.1 Å². The van der Waals surface area contributed by atoms with Crippen LogP contribution in [0.3, 0.4) is 0 Å². The Hall–Kier alpha value is -1.09. The van der Waals surface area contributed by atoms with Crippen LogP contribution < -0.4 is 0 Å². The monoisotopic (exact) mass is 251 g/mol. The third kappa shape index (κ3) is 1.87. The Balaban J connectivity index is 2.30. The second-order valence-electron chi connectivity index (χ2n) is 3.20. The number of hydrogen-bond donors (Lipinski definition) is 0. The highest BCUT2D eigenvalue weighted by Gasteiger charge is 2.16. The van der Waals surface area contributed by atoms with Crippen LogP contribution in [0.15, 0.2) is 40.9 Å². The van der Waals surface area contributed by atoms with Crippen LogP contribution in [-0.4, -0.2) is 11.0 Å². The lowest BCUT2D eigenvalue weighted by Gasteiger charge is -2.16. The lowest BCUT2D eigenvalue weighted by Crippen LogP contribution is -2.14. The van der Waals surface area contributed by atoms with E-state index in [9.17, 15) is 5.21 Å². The number of allylic oxidation sites excluding steroid dienone is 1. The third-order valence-corrected chi connectivity index (χ3v) is 2.75. The largest absolute Gasteiger partial charge is 0.623 e. The molecule has 0 saturated carbocycles. The molecule has 0 fully saturated rings. The molecule has 1 heterocycles. The highest BCUT2D eigenvalue weighted by molar-refractivity contribution is 9.10. The molecule has 1 aliphatic rings. The molecule has 14 heavy (non-hydrogen) atoms. The van der Waals surface area contributed by atoms with Gasteiger partial charge in [0.1, 0.15) is 0 Å². The molecule has 3 heteroatoms. The van der Waals surface area contributed by atoms with Gasteiger partial charge in [-0.25, -0.2) is 4.74 Å². The lowest BCUT2D eigenvalue weighted by molar-refractivity contribution is -0.491. The van der Waals surface area contributed by atoms with Crippen molar-refractivity contribution < 1.29 is 4.74 Å². The summed E-state index contributed by atoms with van der Waals surface area (Å²) in [6.07, 6.45) is 6.35. The molecule has 1 aromatic carbocycles. The second kappa shape index (κ2) is 3.96. The smallest absolute Gasteiger partial charge is 0.206 e. The molecule has 1 aromatic rings. The number of benzene rings is 1. The van der Waals surface area contributed by atoms with Crippen LogP contribution in [0, 0.1) is 5.21 Å². The Kier molecular flexibility index (Phi) is 2.68. The Bertz CT molecular complexity index is 381. The third-order valence-electron chi connectivity index (χ3n) is 2.23. The summed E-state index contributed by atoms with van der Waals surface area (Å²) in [7, 11) is 0. The minimum absolute atomic E-state index is 0.156. The van der Waals surface area contributed by atoms with Crippen molar-refractivity contribution in [2.24, 2.45) is 0 Å². The standard InChI is InChI=1S/C11H10BrNO/c12-10-6-4-9(5-7-10)11-3-1-2-8-13(11)14/h1,3-8,11H,2H2. The zero-order chi connectivity index (χ0) is 9.97. The SMILES string of the molecule is [O-][N+]1=CCC=CC1c1ccc(Br)cc1. The molecule has 72 valence electrons. The van der Waals surface area contributed by atoms with Gasteiger partial charge in [-0.15, -0.1) is 0 Å². The molecule has 0 aliphatic carbocycles. The minimum atomic E-state index is -0.156. The zero-order valence-corrected chi connectivity index (χ0v) is 9.15. The summed E-state index contributed by atoms with van der Waals surface area (Å²) in [5, 5.41) is 11.5. The molecule has 0 spiro atoms. The van der Waals surface area contributed by atoms with Crippen LogP contribution >= 0.6 is 15.9 Å². The van der Waals surface area contributed by atoms with Crippen molar-refractivity contribution in [2.45, 2.75) is 12.5 Å². The fraction of sp³-hybridized carbons (Fsp3) is 0.182. The second-order valence-corrected chi connectivity index (χ2v) is 4.12. The minimum Gasteiger partial charge on any atom is -0.623 e. The van der Waals surface area contributed by atoms with Gasteiger partial charge in [0.15, 0.2) is 6.21 Å². The molecule has 1 aliphatic heterocycles. The number of rotatable bonds is 1. The highest BCUT2D eigenvalue weighted by Crippen LogP contribution is 2.22. The van der Waals surface area contributed by atoms with Crippen LogP contribution in [-0.2, 0) is 0 Å². The van der Waals surface area contributed by atoms with Gasteiger partial charge in [0.25, 0.3) is 0 Å². The fourth-order valence-electron chi connectivity index (χ4n) is 1.49. The number of halogens is 1. The van der Waals surface area contributed by atoms with E-state index in [0.29, 0.717) is 0 Å². The van der Waals surface area contributed by atoms with Crippen LogP contribution in [0.25, 0.3) is 0 Å². The van der Waals surface area contributed by atoms with E-state index >= 15 is 0 Å².